The highest BCUT2D eigenvalue weighted by Gasteiger charge is 2.31. The average Bonchev–Trinajstić information content (AvgIpc) is 3.06. The summed E-state index contributed by atoms with van der Waals surface area (Å²) in [5.41, 5.74) is 8.72. The molecule has 1 aliphatic rings. The van der Waals surface area contributed by atoms with E-state index in [1.807, 2.05) is 43.3 Å². The van der Waals surface area contributed by atoms with E-state index in [4.69, 9.17) is 10.5 Å². The highest BCUT2D eigenvalue weighted by molar-refractivity contribution is 5.69. The summed E-state index contributed by atoms with van der Waals surface area (Å²) in [4.78, 5) is 18.4. The number of anilines is 1. The topological polar surface area (TPSA) is 68.5 Å². The Kier molecular flexibility index (Phi) is 4.46. The van der Waals surface area contributed by atoms with Crippen LogP contribution in [0.1, 0.15) is 35.6 Å². The highest BCUT2D eigenvalue weighted by Crippen LogP contribution is 2.33. The number of amides is 1. The number of nitrogen functional groups attached to an aromatic ring is 1. The van der Waals surface area contributed by atoms with Gasteiger partial charge in [0.25, 0.3) is 0 Å². The van der Waals surface area contributed by atoms with Crippen LogP contribution in [0.3, 0.4) is 0 Å². The summed E-state index contributed by atoms with van der Waals surface area (Å²) in [6.07, 6.45) is 3.38. The maximum Gasteiger partial charge on any atom is 0.410 e. The minimum absolute atomic E-state index is 0.0186. The maximum absolute atomic E-state index is 12.4. The van der Waals surface area contributed by atoms with Gasteiger partial charge in [0.05, 0.1) is 6.04 Å². The van der Waals surface area contributed by atoms with Crippen LogP contribution in [-0.4, -0.2) is 22.5 Å². The maximum atomic E-state index is 12.4. The van der Waals surface area contributed by atoms with E-state index in [2.05, 4.69) is 4.98 Å². The lowest BCUT2D eigenvalue weighted by atomic mass is 10.1. The van der Waals surface area contributed by atoms with Crippen molar-refractivity contribution in [2.45, 2.75) is 32.4 Å². The monoisotopic (exact) mass is 311 g/mol. The lowest BCUT2D eigenvalue weighted by molar-refractivity contribution is 0.0920. The average molecular weight is 311 g/mol. The molecular formula is C18H21N3O2. The smallest absolute Gasteiger partial charge is 0.410 e. The van der Waals surface area contributed by atoms with Crippen LogP contribution in [0.25, 0.3) is 0 Å². The highest BCUT2D eigenvalue weighted by atomic mass is 16.6. The molecule has 2 heterocycles. The number of benzene rings is 1. The number of nitrogens with two attached hydrogens (primary N) is 1. The molecule has 1 aliphatic heterocycles. The number of ether oxygens (including phenoxy) is 1. The van der Waals surface area contributed by atoms with E-state index in [0.29, 0.717) is 19.0 Å². The Morgan fingerprint density at radius 3 is 2.91 bits per heavy atom. The second-order valence-corrected chi connectivity index (χ2v) is 5.86. The predicted octanol–water partition coefficient (Wildman–Crippen LogP) is 3.45. The normalized spacial score (nSPS) is 17.3. The summed E-state index contributed by atoms with van der Waals surface area (Å²) in [6.45, 7) is 2.93. The molecule has 1 atom stereocenters. The predicted molar refractivity (Wildman–Crippen MR) is 88.7 cm³/mol. The molecule has 0 aliphatic carbocycles. The zero-order chi connectivity index (χ0) is 16.2. The Hall–Kier alpha value is -2.56. The molecule has 0 saturated carbocycles. The molecule has 1 aromatic heterocycles. The molecule has 0 bridgehead atoms. The number of aromatic nitrogens is 1. The molecular weight excluding hydrogens is 290 g/mol. The van der Waals surface area contributed by atoms with E-state index in [1.165, 1.54) is 0 Å². The third-order valence-electron chi connectivity index (χ3n) is 4.22. The standard InChI is InChI=1S/C18H21N3O2/c1-13-10-15(11-20-17(13)19)16-8-5-9-21(16)18(22)23-12-14-6-3-2-4-7-14/h2-4,6-7,10-11,16H,5,8-9,12H2,1H3,(H2,19,20)/t16-/m1/s1. The molecule has 2 N–H and O–H groups in total. The first-order chi connectivity index (χ1) is 11.1. The number of nitrogens with zero attached hydrogens (tertiary/aromatic N) is 2. The molecule has 0 spiro atoms. The minimum Gasteiger partial charge on any atom is -0.445 e. The third-order valence-corrected chi connectivity index (χ3v) is 4.22. The number of likely N-dealkylation sites (tertiary alicyclic amines) is 1. The summed E-state index contributed by atoms with van der Waals surface area (Å²) >= 11 is 0. The molecule has 23 heavy (non-hydrogen) atoms. The molecule has 0 radical (unpaired) electrons. The fraction of sp³-hybridized carbons (Fsp3) is 0.333. The third kappa shape index (κ3) is 3.44. The van der Waals surface area contributed by atoms with Crippen LogP contribution in [-0.2, 0) is 11.3 Å². The van der Waals surface area contributed by atoms with Crippen molar-refractivity contribution in [3.05, 3.63) is 59.3 Å². The van der Waals surface area contributed by atoms with Gasteiger partial charge in [0.1, 0.15) is 12.4 Å². The van der Waals surface area contributed by atoms with E-state index >= 15 is 0 Å². The first kappa shape index (κ1) is 15.3. The second kappa shape index (κ2) is 6.69. The summed E-state index contributed by atoms with van der Waals surface area (Å²) in [7, 11) is 0. The van der Waals surface area contributed by atoms with Crippen molar-refractivity contribution in [2.24, 2.45) is 0 Å². The fourth-order valence-corrected chi connectivity index (χ4v) is 2.92. The van der Waals surface area contributed by atoms with Crippen LogP contribution >= 0.6 is 0 Å². The Balaban J connectivity index is 1.68. The van der Waals surface area contributed by atoms with E-state index in [9.17, 15) is 4.79 Å². The van der Waals surface area contributed by atoms with E-state index < -0.39 is 0 Å². The molecule has 1 fully saturated rings. The number of hydrogen-bond acceptors (Lipinski definition) is 4. The molecule has 3 rings (SSSR count). The molecule has 1 saturated heterocycles. The van der Waals surface area contributed by atoms with Crippen molar-refractivity contribution in [1.29, 1.82) is 0 Å². The summed E-state index contributed by atoms with van der Waals surface area (Å²) in [6, 6.07) is 11.7. The number of aryl methyl sites for hydroxylation is 1. The second-order valence-electron chi connectivity index (χ2n) is 5.86. The largest absolute Gasteiger partial charge is 0.445 e. The van der Waals surface area contributed by atoms with Gasteiger partial charge in [-0.3, -0.25) is 0 Å². The Bertz CT molecular complexity index is 688. The van der Waals surface area contributed by atoms with Gasteiger partial charge in [0.2, 0.25) is 0 Å². The summed E-state index contributed by atoms with van der Waals surface area (Å²) in [5.74, 6) is 0.532. The van der Waals surface area contributed by atoms with Crippen LogP contribution in [0.4, 0.5) is 10.6 Å². The molecule has 2 aromatic rings. The van der Waals surface area contributed by atoms with Crippen molar-refractivity contribution in [3.63, 3.8) is 0 Å². The van der Waals surface area contributed by atoms with Crippen molar-refractivity contribution in [2.75, 3.05) is 12.3 Å². The molecule has 0 unspecified atom stereocenters. The summed E-state index contributed by atoms with van der Waals surface area (Å²) in [5, 5.41) is 0. The first-order valence-electron chi connectivity index (χ1n) is 7.84. The zero-order valence-corrected chi connectivity index (χ0v) is 13.2. The fourth-order valence-electron chi connectivity index (χ4n) is 2.92. The van der Waals surface area contributed by atoms with Gasteiger partial charge < -0.3 is 15.4 Å². The van der Waals surface area contributed by atoms with E-state index in [-0.39, 0.29) is 12.1 Å². The number of hydrogen-bond donors (Lipinski definition) is 1. The number of pyridine rings is 1. The lowest BCUT2D eigenvalue weighted by Crippen LogP contribution is -2.31. The number of carbonyl (C=O) groups excluding carboxylic acids is 1. The SMILES string of the molecule is Cc1cc([C@H]2CCCN2C(=O)OCc2ccccc2)cnc1N. The summed E-state index contributed by atoms with van der Waals surface area (Å²) < 4.78 is 5.46. The van der Waals surface area contributed by atoms with Gasteiger partial charge in [-0.2, -0.15) is 0 Å². The molecule has 120 valence electrons. The molecule has 1 aromatic carbocycles. The zero-order valence-electron chi connectivity index (χ0n) is 13.2. The molecule has 1 amide bonds. The van der Waals surface area contributed by atoms with Crippen LogP contribution < -0.4 is 5.73 Å². The minimum atomic E-state index is -0.272. The van der Waals surface area contributed by atoms with Crippen molar-refractivity contribution >= 4 is 11.9 Å². The Labute approximate surface area is 136 Å². The van der Waals surface area contributed by atoms with Crippen LogP contribution in [0, 0.1) is 6.92 Å². The van der Waals surface area contributed by atoms with Crippen LogP contribution in [0.2, 0.25) is 0 Å². The Morgan fingerprint density at radius 1 is 1.39 bits per heavy atom. The number of carbonyl (C=O) groups is 1. The van der Waals surface area contributed by atoms with E-state index in [1.54, 1.807) is 11.1 Å². The van der Waals surface area contributed by atoms with Gasteiger partial charge in [0.15, 0.2) is 0 Å². The van der Waals surface area contributed by atoms with Gasteiger partial charge in [-0.1, -0.05) is 30.3 Å². The van der Waals surface area contributed by atoms with Gasteiger partial charge in [-0.05, 0) is 42.5 Å². The van der Waals surface area contributed by atoms with Crippen LogP contribution in [0.15, 0.2) is 42.6 Å². The van der Waals surface area contributed by atoms with Crippen molar-refractivity contribution in [3.8, 4) is 0 Å². The first-order valence-corrected chi connectivity index (χ1v) is 7.84. The van der Waals surface area contributed by atoms with Gasteiger partial charge in [0, 0.05) is 12.7 Å². The lowest BCUT2D eigenvalue weighted by Gasteiger charge is -2.24. The van der Waals surface area contributed by atoms with E-state index in [0.717, 1.165) is 29.5 Å². The van der Waals surface area contributed by atoms with Gasteiger partial charge in [-0.25, -0.2) is 9.78 Å². The van der Waals surface area contributed by atoms with Crippen molar-refractivity contribution in [1.82, 2.24) is 9.88 Å². The molecule has 5 heteroatoms. The quantitative estimate of drug-likeness (QED) is 0.942. The number of rotatable bonds is 3. The van der Waals surface area contributed by atoms with Crippen molar-refractivity contribution < 1.29 is 9.53 Å². The van der Waals surface area contributed by atoms with Gasteiger partial charge >= 0.3 is 6.09 Å². The van der Waals surface area contributed by atoms with Crippen LogP contribution in [0.5, 0.6) is 0 Å². The molecule has 5 nitrogen and oxygen atoms in total. The van der Waals surface area contributed by atoms with Gasteiger partial charge in [-0.15, -0.1) is 0 Å². The Morgan fingerprint density at radius 2 is 2.17 bits per heavy atom.